The standard InChI is InChI=1S/C25H36O5/c1-16(27)25(30-22(29)5-4-14-26)13-10-21-19-7-6-17-15-18(28)8-11-23(17,2)20(19)9-12-24(21,25)3/h15,19-21,26H,4-14H2,1-3H3/t19-,20+,21+,23+,24+,25+/m1/s1. The molecule has 0 aromatic carbocycles. The van der Waals surface area contributed by atoms with Crippen LogP contribution in [0.25, 0.3) is 0 Å². The number of fused-ring (bicyclic) bond motifs is 5. The molecule has 3 saturated carbocycles. The van der Waals surface area contributed by atoms with Crippen molar-refractivity contribution in [2.75, 3.05) is 6.61 Å². The van der Waals surface area contributed by atoms with Crippen molar-refractivity contribution < 1.29 is 24.2 Å². The molecule has 0 heterocycles. The fourth-order valence-electron chi connectivity index (χ4n) is 7.84. The zero-order valence-corrected chi connectivity index (χ0v) is 18.7. The number of aliphatic hydroxyl groups excluding tert-OH is 1. The lowest BCUT2D eigenvalue weighted by Gasteiger charge is -2.59. The molecule has 0 aromatic rings. The zero-order valence-electron chi connectivity index (χ0n) is 18.7. The Bertz CT molecular complexity index is 784. The maximum Gasteiger partial charge on any atom is 0.306 e. The smallest absolute Gasteiger partial charge is 0.306 e. The van der Waals surface area contributed by atoms with Gasteiger partial charge < -0.3 is 9.84 Å². The van der Waals surface area contributed by atoms with Gasteiger partial charge in [-0.25, -0.2) is 0 Å². The summed E-state index contributed by atoms with van der Waals surface area (Å²) in [7, 11) is 0. The fraction of sp³-hybridized carbons (Fsp3) is 0.800. The van der Waals surface area contributed by atoms with E-state index in [9.17, 15) is 14.4 Å². The van der Waals surface area contributed by atoms with Crippen molar-refractivity contribution in [2.45, 2.75) is 90.6 Å². The lowest BCUT2D eigenvalue weighted by atomic mass is 9.46. The van der Waals surface area contributed by atoms with Crippen molar-refractivity contribution in [1.82, 2.24) is 0 Å². The number of ether oxygens (including phenoxy) is 1. The molecule has 0 unspecified atom stereocenters. The molecule has 0 bridgehead atoms. The average Bonchev–Trinajstić information content (AvgIpc) is 3.00. The van der Waals surface area contributed by atoms with Gasteiger partial charge in [0, 0.05) is 24.9 Å². The highest BCUT2D eigenvalue weighted by atomic mass is 16.6. The van der Waals surface area contributed by atoms with Crippen LogP contribution in [0.15, 0.2) is 11.6 Å². The number of aliphatic hydroxyl groups is 1. The molecule has 4 aliphatic rings. The minimum atomic E-state index is -1.03. The number of ketones is 2. The molecular formula is C25H36O5. The Morgan fingerprint density at radius 3 is 2.53 bits per heavy atom. The second-order valence-electron chi connectivity index (χ2n) is 10.6. The normalized spacial score (nSPS) is 42.6. The van der Waals surface area contributed by atoms with Crippen LogP contribution in [0.5, 0.6) is 0 Å². The van der Waals surface area contributed by atoms with E-state index >= 15 is 0 Å². The second kappa shape index (κ2) is 7.58. The monoisotopic (exact) mass is 416 g/mol. The molecular weight excluding hydrogens is 380 g/mol. The highest BCUT2D eigenvalue weighted by molar-refractivity contribution is 5.91. The summed E-state index contributed by atoms with van der Waals surface area (Å²) >= 11 is 0. The molecule has 0 radical (unpaired) electrons. The average molecular weight is 417 g/mol. The van der Waals surface area contributed by atoms with Crippen LogP contribution in [0, 0.1) is 28.6 Å². The van der Waals surface area contributed by atoms with E-state index < -0.39 is 5.60 Å². The first-order valence-corrected chi connectivity index (χ1v) is 11.8. The van der Waals surface area contributed by atoms with E-state index in [0.29, 0.717) is 37.0 Å². The third-order valence-electron chi connectivity index (χ3n) is 9.48. The minimum absolute atomic E-state index is 0.0332. The molecule has 0 spiro atoms. The number of carbonyl (C=O) groups is 3. The Labute approximate surface area is 179 Å². The summed E-state index contributed by atoms with van der Waals surface area (Å²) in [6, 6.07) is 0. The topological polar surface area (TPSA) is 80.7 Å². The van der Waals surface area contributed by atoms with Crippen LogP contribution >= 0.6 is 0 Å². The second-order valence-corrected chi connectivity index (χ2v) is 10.6. The van der Waals surface area contributed by atoms with Gasteiger partial charge in [0.1, 0.15) is 0 Å². The zero-order chi connectivity index (χ0) is 21.7. The van der Waals surface area contributed by atoms with Crippen molar-refractivity contribution in [3.05, 3.63) is 11.6 Å². The van der Waals surface area contributed by atoms with Gasteiger partial charge in [-0.15, -0.1) is 0 Å². The van der Waals surface area contributed by atoms with Gasteiger partial charge in [-0.3, -0.25) is 14.4 Å². The van der Waals surface area contributed by atoms with Gasteiger partial charge in [-0.05, 0) is 87.5 Å². The van der Waals surface area contributed by atoms with Gasteiger partial charge in [0.25, 0.3) is 0 Å². The summed E-state index contributed by atoms with van der Waals surface area (Å²) in [5, 5.41) is 9.05. The number of esters is 1. The molecule has 0 aliphatic heterocycles. The summed E-state index contributed by atoms with van der Waals surface area (Å²) < 4.78 is 6.00. The lowest BCUT2D eigenvalue weighted by molar-refractivity contribution is -0.189. The number of carbonyl (C=O) groups excluding carboxylic acids is 3. The number of hydrogen-bond donors (Lipinski definition) is 1. The molecule has 166 valence electrons. The molecule has 5 heteroatoms. The molecule has 0 saturated heterocycles. The maximum absolute atomic E-state index is 13.0. The Hall–Kier alpha value is -1.49. The SMILES string of the molecule is CC(=O)[C@@]1(OC(=O)CCCO)CC[C@H]2[C@@H]3CCC4=CC(=O)CC[C@]4(C)[C@H]3CC[C@@]21C. The van der Waals surface area contributed by atoms with E-state index in [4.69, 9.17) is 9.84 Å². The largest absolute Gasteiger partial charge is 0.450 e. The Morgan fingerprint density at radius 1 is 1.10 bits per heavy atom. The van der Waals surface area contributed by atoms with E-state index in [1.54, 1.807) is 6.92 Å². The molecule has 3 fully saturated rings. The predicted molar refractivity (Wildman–Crippen MR) is 113 cm³/mol. The molecule has 0 amide bonds. The first-order valence-electron chi connectivity index (χ1n) is 11.8. The van der Waals surface area contributed by atoms with Gasteiger partial charge in [0.05, 0.1) is 0 Å². The van der Waals surface area contributed by atoms with E-state index in [2.05, 4.69) is 13.8 Å². The van der Waals surface area contributed by atoms with Crippen molar-refractivity contribution in [3.8, 4) is 0 Å². The van der Waals surface area contributed by atoms with E-state index in [-0.39, 0.29) is 41.4 Å². The van der Waals surface area contributed by atoms with Crippen LogP contribution in [0.3, 0.4) is 0 Å². The molecule has 1 N–H and O–H groups in total. The minimum Gasteiger partial charge on any atom is -0.450 e. The first-order chi connectivity index (χ1) is 14.2. The molecule has 6 atom stereocenters. The third-order valence-corrected chi connectivity index (χ3v) is 9.48. The summed E-state index contributed by atoms with van der Waals surface area (Å²) in [5.41, 5.74) is 0.0678. The highest BCUT2D eigenvalue weighted by Gasteiger charge is 2.67. The molecule has 0 aromatic heterocycles. The molecule has 4 aliphatic carbocycles. The third kappa shape index (κ3) is 3.03. The molecule has 5 nitrogen and oxygen atoms in total. The summed E-state index contributed by atoms with van der Waals surface area (Å²) in [6.07, 6.45) is 9.47. The van der Waals surface area contributed by atoms with Crippen LogP contribution in [0.1, 0.15) is 85.0 Å². The highest BCUT2D eigenvalue weighted by Crippen LogP contribution is 2.68. The quantitative estimate of drug-likeness (QED) is 0.681. The van der Waals surface area contributed by atoms with Gasteiger partial charge >= 0.3 is 5.97 Å². The Balaban J connectivity index is 1.63. The fourth-order valence-corrected chi connectivity index (χ4v) is 7.84. The van der Waals surface area contributed by atoms with E-state index in [1.807, 2.05) is 6.08 Å². The van der Waals surface area contributed by atoms with Gasteiger partial charge in [-0.1, -0.05) is 19.4 Å². The number of hydrogen-bond acceptors (Lipinski definition) is 5. The Morgan fingerprint density at radius 2 is 1.83 bits per heavy atom. The number of rotatable bonds is 5. The van der Waals surface area contributed by atoms with Crippen LogP contribution < -0.4 is 0 Å². The van der Waals surface area contributed by atoms with Crippen LogP contribution in [-0.4, -0.2) is 34.9 Å². The van der Waals surface area contributed by atoms with Gasteiger partial charge in [0.15, 0.2) is 17.2 Å². The van der Waals surface area contributed by atoms with Gasteiger partial charge in [0.2, 0.25) is 0 Å². The summed E-state index contributed by atoms with van der Waals surface area (Å²) in [5.74, 6) is 1.28. The molecule has 30 heavy (non-hydrogen) atoms. The number of Topliss-reactive ketones (excluding diaryl/α,β-unsaturated/α-hetero) is 1. The van der Waals surface area contributed by atoms with Crippen LogP contribution in [0.4, 0.5) is 0 Å². The maximum atomic E-state index is 13.0. The lowest BCUT2D eigenvalue weighted by Crippen LogP contribution is -2.58. The van der Waals surface area contributed by atoms with Crippen molar-refractivity contribution in [3.63, 3.8) is 0 Å². The van der Waals surface area contributed by atoms with E-state index in [0.717, 1.165) is 38.5 Å². The Kier molecular flexibility index (Phi) is 5.49. The van der Waals surface area contributed by atoms with Crippen molar-refractivity contribution >= 4 is 17.5 Å². The van der Waals surface area contributed by atoms with Crippen LogP contribution in [0.2, 0.25) is 0 Å². The number of allylic oxidation sites excluding steroid dienone is 1. The summed E-state index contributed by atoms with van der Waals surface area (Å²) in [4.78, 5) is 37.5. The predicted octanol–water partition coefficient (Wildman–Crippen LogP) is 4.16. The van der Waals surface area contributed by atoms with Crippen molar-refractivity contribution in [2.24, 2.45) is 28.6 Å². The molecule has 4 rings (SSSR count). The van der Waals surface area contributed by atoms with E-state index in [1.165, 1.54) is 5.57 Å². The van der Waals surface area contributed by atoms with Crippen molar-refractivity contribution in [1.29, 1.82) is 0 Å². The van der Waals surface area contributed by atoms with Gasteiger partial charge in [-0.2, -0.15) is 0 Å². The first kappa shape index (κ1) is 21.7. The summed E-state index contributed by atoms with van der Waals surface area (Å²) in [6.45, 7) is 6.06. The van der Waals surface area contributed by atoms with Crippen LogP contribution in [-0.2, 0) is 19.1 Å².